The first-order valence-corrected chi connectivity index (χ1v) is 8.59. The van der Waals surface area contributed by atoms with Gasteiger partial charge in [-0.05, 0) is 38.5 Å². The number of nitrogen functional groups attached to an aromatic ring is 1. The molecule has 2 heterocycles. The van der Waals surface area contributed by atoms with Crippen molar-refractivity contribution in [3.8, 4) is 0 Å². The van der Waals surface area contributed by atoms with Gasteiger partial charge in [0.25, 0.3) is 0 Å². The molecule has 0 saturated carbocycles. The highest BCUT2D eigenvalue weighted by Crippen LogP contribution is 2.24. The van der Waals surface area contributed by atoms with Crippen LogP contribution in [0, 0.1) is 0 Å². The number of aromatic nitrogens is 1. The SMILES string of the molecule is C=C(/C=C\C=C(/C)c1cc(N)ncc1Cl)NCC1COC(C)(C)CO1. The number of nitrogens with one attached hydrogen (secondary N) is 1. The number of pyridine rings is 1. The van der Waals surface area contributed by atoms with Gasteiger partial charge in [0.1, 0.15) is 5.82 Å². The molecule has 1 aliphatic rings. The molecule has 1 unspecified atom stereocenters. The largest absolute Gasteiger partial charge is 0.384 e. The Kier molecular flexibility index (Phi) is 6.64. The Morgan fingerprint density at radius 3 is 3.00 bits per heavy atom. The van der Waals surface area contributed by atoms with Gasteiger partial charge in [0.15, 0.2) is 0 Å². The summed E-state index contributed by atoms with van der Waals surface area (Å²) in [6.45, 7) is 11.8. The van der Waals surface area contributed by atoms with Gasteiger partial charge in [-0.1, -0.05) is 30.3 Å². The van der Waals surface area contributed by atoms with Crippen LogP contribution in [0.15, 0.2) is 42.8 Å². The average Bonchev–Trinajstić information content (AvgIpc) is 2.56. The molecule has 5 nitrogen and oxygen atoms in total. The van der Waals surface area contributed by atoms with Gasteiger partial charge in [-0.3, -0.25) is 0 Å². The number of halogens is 1. The van der Waals surface area contributed by atoms with E-state index in [-0.39, 0.29) is 11.7 Å². The lowest BCUT2D eigenvalue weighted by molar-refractivity contribution is -0.172. The monoisotopic (exact) mass is 363 g/mol. The summed E-state index contributed by atoms with van der Waals surface area (Å²) in [6.07, 6.45) is 7.36. The fourth-order valence-electron chi connectivity index (χ4n) is 2.30. The van der Waals surface area contributed by atoms with Crippen LogP contribution in [-0.4, -0.2) is 36.4 Å². The summed E-state index contributed by atoms with van der Waals surface area (Å²) >= 11 is 6.15. The summed E-state index contributed by atoms with van der Waals surface area (Å²) in [4.78, 5) is 3.96. The number of allylic oxidation sites excluding steroid dienone is 4. The quantitative estimate of drug-likeness (QED) is 0.756. The van der Waals surface area contributed by atoms with E-state index < -0.39 is 0 Å². The molecule has 3 N–H and O–H groups in total. The topological polar surface area (TPSA) is 69.4 Å². The Morgan fingerprint density at radius 2 is 2.32 bits per heavy atom. The fraction of sp³-hybridized carbons (Fsp3) is 0.421. The Hall–Kier alpha value is -1.82. The minimum atomic E-state index is -0.201. The molecule has 2 rings (SSSR count). The molecule has 1 aromatic heterocycles. The minimum absolute atomic E-state index is 0.0362. The lowest BCUT2D eigenvalue weighted by atomic mass is 10.1. The zero-order chi connectivity index (χ0) is 18.4. The van der Waals surface area contributed by atoms with Crippen molar-refractivity contribution in [3.63, 3.8) is 0 Å². The van der Waals surface area contributed by atoms with Crippen LogP contribution in [0.5, 0.6) is 0 Å². The van der Waals surface area contributed by atoms with E-state index in [1.807, 2.05) is 39.0 Å². The molecule has 1 fully saturated rings. The number of nitrogens with zero attached hydrogens (tertiary/aromatic N) is 1. The van der Waals surface area contributed by atoms with Gasteiger partial charge in [-0.15, -0.1) is 0 Å². The average molecular weight is 364 g/mol. The normalized spacial score (nSPS) is 20.6. The Labute approximate surface area is 154 Å². The Bertz CT molecular complexity index is 673. The Morgan fingerprint density at radius 1 is 1.56 bits per heavy atom. The van der Waals surface area contributed by atoms with Crippen LogP contribution in [0.4, 0.5) is 5.82 Å². The number of hydrogen-bond acceptors (Lipinski definition) is 5. The molecular weight excluding hydrogens is 338 g/mol. The highest BCUT2D eigenvalue weighted by Gasteiger charge is 2.27. The van der Waals surface area contributed by atoms with Crippen LogP contribution in [0.1, 0.15) is 26.3 Å². The Balaban J connectivity index is 1.83. The molecule has 0 amide bonds. The molecule has 6 heteroatoms. The summed E-state index contributed by atoms with van der Waals surface area (Å²) in [5.41, 5.74) is 8.17. The summed E-state index contributed by atoms with van der Waals surface area (Å²) in [7, 11) is 0. The number of nitrogens with two attached hydrogens (primary N) is 1. The first kappa shape index (κ1) is 19.5. The van der Waals surface area contributed by atoms with Crippen molar-refractivity contribution < 1.29 is 9.47 Å². The molecule has 1 saturated heterocycles. The summed E-state index contributed by atoms with van der Waals surface area (Å²) in [6, 6.07) is 1.76. The molecular formula is C19H26ClN3O2. The van der Waals surface area contributed by atoms with Crippen LogP contribution in [0.2, 0.25) is 5.02 Å². The zero-order valence-electron chi connectivity index (χ0n) is 15.0. The molecule has 1 aliphatic heterocycles. The molecule has 1 aromatic rings. The second kappa shape index (κ2) is 8.52. The number of rotatable bonds is 6. The predicted molar refractivity (Wildman–Crippen MR) is 103 cm³/mol. The lowest BCUT2D eigenvalue weighted by Gasteiger charge is -2.35. The van der Waals surface area contributed by atoms with Gasteiger partial charge in [0.05, 0.1) is 29.9 Å². The molecule has 0 radical (unpaired) electrons. The number of hydrogen-bond donors (Lipinski definition) is 2. The van der Waals surface area contributed by atoms with Gasteiger partial charge >= 0.3 is 0 Å². The summed E-state index contributed by atoms with van der Waals surface area (Å²) < 4.78 is 11.5. The summed E-state index contributed by atoms with van der Waals surface area (Å²) in [5.74, 6) is 0.445. The third-order valence-electron chi connectivity index (χ3n) is 3.83. The van der Waals surface area contributed by atoms with Crippen LogP contribution >= 0.6 is 11.6 Å². The molecule has 0 spiro atoms. The molecule has 1 atom stereocenters. The highest BCUT2D eigenvalue weighted by atomic mass is 35.5. The van der Waals surface area contributed by atoms with Crippen molar-refractivity contribution in [2.45, 2.75) is 32.5 Å². The first-order valence-electron chi connectivity index (χ1n) is 8.21. The second-order valence-corrected chi connectivity index (χ2v) is 7.11. The van der Waals surface area contributed by atoms with E-state index in [2.05, 4.69) is 16.9 Å². The van der Waals surface area contributed by atoms with Crippen molar-refractivity contribution in [3.05, 3.63) is 53.4 Å². The van der Waals surface area contributed by atoms with E-state index in [9.17, 15) is 0 Å². The van der Waals surface area contributed by atoms with Gasteiger partial charge in [-0.25, -0.2) is 4.98 Å². The standard InChI is InChI=1S/C19H26ClN3O2/c1-13(16-8-18(21)23-10-17(16)20)6-5-7-14(2)22-9-15-11-25-19(3,4)12-24-15/h5-8,10,15,22H,2,9,11-12H2,1,3-4H3,(H2,21,23)/b7-5-,13-6+. The van der Waals surface area contributed by atoms with E-state index in [0.717, 1.165) is 16.8 Å². The van der Waals surface area contributed by atoms with E-state index in [1.54, 1.807) is 12.3 Å². The number of ether oxygens (including phenoxy) is 2. The van der Waals surface area contributed by atoms with Crippen molar-refractivity contribution >= 4 is 23.0 Å². The molecule has 0 aromatic carbocycles. The maximum absolute atomic E-state index is 6.15. The van der Waals surface area contributed by atoms with Gasteiger partial charge in [0, 0.05) is 24.0 Å². The molecule has 0 aliphatic carbocycles. The first-order chi connectivity index (χ1) is 11.8. The van der Waals surface area contributed by atoms with E-state index >= 15 is 0 Å². The van der Waals surface area contributed by atoms with Crippen LogP contribution in [0.25, 0.3) is 5.57 Å². The lowest BCUT2D eigenvalue weighted by Crippen LogP contribution is -2.45. The van der Waals surface area contributed by atoms with Crippen molar-refractivity contribution in [1.82, 2.24) is 10.3 Å². The van der Waals surface area contributed by atoms with E-state index in [4.69, 9.17) is 26.8 Å². The van der Waals surface area contributed by atoms with Crippen LogP contribution in [0.3, 0.4) is 0 Å². The third-order valence-corrected chi connectivity index (χ3v) is 4.13. The third kappa shape index (κ3) is 6.20. The van der Waals surface area contributed by atoms with Gasteiger partial charge in [0.2, 0.25) is 0 Å². The smallest absolute Gasteiger partial charge is 0.123 e. The molecule has 25 heavy (non-hydrogen) atoms. The number of anilines is 1. The minimum Gasteiger partial charge on any atom is -0.384 e. The molecule has 136 valence electrons. The van der Waals surface area contributed by atoms with Crippen LogP contribution < -0.4 is 11.1 Å². The van der Waals surface area contributed by atoms with Gasteiger partial charge < -0.3 is 20.5 Å². The maximum Gasteiger partial charge on any atom is 0.123 e. The predicted octanol–water partition coefficient (Wildman–Crippen LogP) is 3.57. The van der Waals surface area contributed by atoms with Gasteiger partial charge in [-0.2, -0.15) is 0 Å². The van der Waals surface area contributed by atoms with Crippen molar-refractivity contribution in [1.29, 1.82) is 0 Å². The van der Waals surface area contributed by atoms with Crippen molar-refractivity contribution in [2.24, 2.45) is 0 Å². The van der Waals surface area contributed by atoms with Crippen molar-refractivity contribution in [2.75, 3.05) is 25.5 Å². The highest BCUT2D eigenvalue weighted by molar-refractivity contribution is 6.32. The second-order valence-electron chi connectivity index (χ2n) is 6.71. The fourth-order valence-corrected chi connectivity index (χ4v) is 2.56. The summed E-state index contributed by atoms with van der Waals surface area (Å²) in [5, 5.41) is 3.82. The van der Waals surface area contributed by atoms with E-state index in [0.29, 0.717) is 30.6 Å². The zero-order valence-corrected chi connectivity index (χ0v) is 15.8. The maximum atomic E-state index is 6.15. The van der Waals surface area contributed by atoms with E-state index in [1.165, 1.54) is 0 Å². The van der Waals surface area contributed by atoms with Crippen LogP contribution in [-0.2, 0) is 9.47 Å². The molecule has 0 bridgehead atoms.